The topological polar surface area (TPSA) is 107 Å². The molecule has 20 heavy (non-hydrogen) atoms. The van der Waals surface area contributed by atoms with Gasteiger partial charge in [-0.2, -0.15) is 0 Å². The van der Waals surface area contributed by atoms with E-state index in [1.807, 2.05) is 0 Å². The highest BCUT2D eigenvalue weighted by molar-refractivity contribution is 9.11. The number of aliphatic hydroxyl groups is 2. The molecule has 0 aliphatic carbocycles. The van der Waals surface area contributed by atoms with Gasteiger partial charge in [-0.1, -0.05) is 31.9 Å². The van der Waals surface area contributed by atoms with Gasteiger partial charge in [0, 0.05) is 11.8 Å². The van der Waals surface area contributed by atoms with Crippen molar-refractivity contribution in [3.05, 3.63) is 27.2 Å². The van der Waals surface area contributed by atoms with Crippen LogP contribution in [0.1, 0.15) is 5.56 Å². The Bertz CT molecular complexity index is 551. The van der Waals surface area contributed by atoms with Crippen molar-refractivity contribution in [1.82, 2.24) is 9.97 Å². The molecule has 0 aromatic carbocycles. The molecule has 110 valence electrons. The van der Waals surface area contributed by atoms with Crippen molar-refractivity contribution in [2.75, 3.05) is 11.9 Å². The fourth-order valence-corrected chi connectivity index (χ4v) is 2.71. The molecule has 0 radical (unpaired) electrons. The first-order chi connectivity index (χ1) is 9.56. The van der Waals surface area contributed by atoms with Gasteiger partial charge in [0.05, 0.1) is 17.5 Å². The molecular formula is C11H13Br2N3O4. The number of hydrogen-bond acceptors (Lipinski definition) is 6. The third-order valence-electron chi connectivity index (χ3n) is 2.86. The minimum atomic E-state index is -0.871. The van der Waals surface area contributed by atoms with Gasteiger partial charge in [-0.25, -0.2) is 9.78 Å². The Balaban J connectivity index is 2.22. The number of ether oxygens (including phenoxy) is 1. The minimum Gasteiger partial charge on any atom is -0.394 e. The normalized spacial score (nSPS) is 30.0. The van der Waals surface area contributed by atoms with Gasteiger partial charge in [-0.15, -0.1) is 0 Å². The van der Waals surface area contributed by atoms with Crippen LogP contribution in [0.4, 0.5) is 5.82 Å². The highest BCUT2D eigenvalue weighted by atomic mass is 79.9. The van der Waals surface area contributed by atoms with E-state index in [1.165, 1.54) is 6.20 Å². The maximum absolute atomic E-state index is 11.3. The average molecular weight is 411 g/mol. The van der Waals surface area contributed by atoms with Crippen LogP contribution in [0.2, 0.25) is 0 Å². The monoisotopic (exact) mass is 409 g/mol. The molecule has 7 nitrogen and oxygen atoms in total. The number of nitrogens with one attached hydrogen (secondary N) is 2. The fraction of sp³-hybridized carbons (Fsp3) is 0.455. The van der Waals surface area contributed by atoms with Gasteiger partial charge in [-0.05, 0) is 11.1 Å². The van der Waals surface area contributed by atoms with Gasteiger partial charge in [0.1, 0.15) is 11.9 Å². The average Bonchev–Trinajstić information content (AvgIpc) is 2.70. The summed E-state index contributed by atoms with van der Waals surface area (Å²) in [5.41, 5.74) is 0.108. The van der Waals surface area contributed by atoms with E-state index in [1.54, 1.807) is 11.1 Å². The van der Waals surface area contributed by atoms with E-state index in [9.17, 15) is 9.90 Å². The quantitative estimate of drug-likeness (QED) is 0.535. The van der Waals surface area contributed by atoms with Crippen LogP contribution in [-0.4, -0.2) is 50.1 Å². The molecule has 0 spiro atoms. The predicted octanol–water partition coefficient (Wildman–Crippen LogP) is 0.389. The smallest absolute Gasteiger partial charge is 0.346 e. The molecule has 2 heterocycles. The van der Waals surface area contributed by atoms with Crippen LogP contribution in [0.15, 0.2) is 16.0 Å². The van der Waals surface area contributed by atoms with Gasteiger partial charge in [0.15, 0.2) is 6.23 Å². The van der Waals surface area contributed by atoms with Gasteiger partial charge < -0.3 is 20.3 Å². The third-order valence-corrected chi connectivity index (χ3v) is 4.26. The Labute approximate surface area is 131 Å². The molecular weight excluding hydrogens is 398 g/mol. The lowest BCUT2D eigenvalue weighted by molar-refractivity contribution is 0.00545. The zero-order chi connectivity index (χ0) is 14.7. The number of halogens is 2. The highest BCUT2D eigenvalue weighted by Gasteiger charge is 2.42. The third kappa shape index (κ3) is 3.29. The Morgan fingerprint density at radius 3 is 2.95 bits per heavy atom. The molecule has 1 aromatic heterocycles. The number of aromatic nitrogens is 2. The molecule has 0 unspecified atom stereocenters. The van der Waals surface area contributed by atoms with E-state index >= 15 is 0 Å². The van der Waals surface area contributed by atoms with E-state index < -0.39 is 29.0 Å². The lowest BCUT2D eigenvalue weighted by Crippen LogP contribution is -2.34. The Morgan fingerprint density at radius 2 is 2.35 bits per heavy atom. The molecule has 1 aliphatic heterocycles. The first-order valence-corrected chi connectivity index (χ1v) is 7.61. The zero-order valence-corrected chi connectivity index (χ0v) is 13.3. The number of hydrogen-bond donors (Lipinski definition) is 4. The maximum Gasteiger partial charge on any atom is 0.346 e. The van der Waals surface area contributed by atoms with Gasteiger partial charge in [0.2, 0.25) is 0 Å². The number of nitrogens with zero attached hydrogens (tertiary/aromatic N) is 1. The van der Waals surface area contributed by atoms with Crippen molar-refractivity contribution in [2.45, 2.75) is 23.3 Å². The van der Waals surface area contributed by atoms with Crippen molar-refractivity contribution >= 4 is 43.8 Å². The molecule has 4 atom stereocenters. The number of rotatable bonds is 4. The molecule has 2 rings (SSSR count). The van der Waals surface area contributed by atoms with Gasteiger partial charge in [-0.3, -0.25) is 4.98 Å². The van der Waals surface area contributed by atoms with Crippen LogP contribution < -0.4 is 11.0 Å². The first kappa shape index (κ1) is 15.6. The molecule has 9 heteroatoms. The molecule has 1 aliphatic rings. The molecule has 0 saturated carbocycles. The summed E-state index contributed by atoms with van der Waals surface area (Å²) in [6.07, 6.45) is 0.935. The second-order valence-electron chi connectivity index (χ2n) is 4.17. The first-order valence-electron chi connectivity index (χ1n) is 5.78. The van der Waals surface area contributed by atoms with Crippen molar-refractivity contribution < 1.29 is 14.9 Å². The van der Waals surface area contributed by atoms with Gasteiger partial charge in [0.25, 0.3) is 0 Å². The van der Waals surface area contributed by atoms with Crippen LogP contribution in [0.5, 0.6) is 0 Å². The summed E-state index contributed by atoms with van der Waals surface area (Å²) in [6, 6.07) is 0. The second-order valence-corrected chi connectivity index (χ2v) is 5.75. The molecule has 1 aromatic rings. The predicted molar refractivity (Wildman–Crippen MR) is 80.9 cm³/mol. The summed E-state index contributed by atoms with van der Waals surface area (Å²) < 4.78 is 5.48. The van der Waals surface area contributed by atoms with Crippen LogP contribution >= 0.6 is 31.9 Å². The number of aliphatic hydroxyl groups excluding tert-OH is 2. The zero-order valence-electron chi connectivity index (χ0n) is 10.2. The second kappa shape index (κ2) is 6.81. The summed E-state index contributed by atoms with van der Waals surface area (Å²) >= 11 is 6.41. The van der Waals surface area contributed by atoms with Crippen LogP contribution in [-0.2, 0) is 4.74 Å². The Morgan fingerprint density at radius 1 is 1.60 bits per heavy atom. The summed E-state index contributed by atoms with van der Waals surface area (Å²) in [5.74, 6) is 0.378. The van der Waals surface area contributed by atoms with E-state index in [0.29, 0.717) is 11.4 Å². The highest BCUT2D eigenvalue weighted by Crippen LogP contribution is 2.28. The number of H-pyrrole nitrogens is 1. The molecule has 1 fully saturated rings. The van der Waals surface area contributed by atoms with E-state index in [4.69, 9.17) is 9.84 Å². The number of aromatic amines is 1. The largest absolute Gasteiger partial charge is 0.394 e. The van der Waals surface area contributed by atoms with Crippen molar-refractivity contribution in [3.63, 3.8) is 0 Å². The molecule has 1 saturated heterocycles. The molecule has 0 amide bonds. The SMILES string of the molecule is O=c1ncc(C=CBr)c(N[C@@H]2O[C@H](CO)[C@H](Br)[C@H]2O)[nH]1. The fourth-order valence-electron chi connectivity index (χ4n) is 1.85. The maximum atomic E-state index is 11.3. The van der Waals surface area contributed by atoms with Crippen molar-refractivity contribution in [3.8, 4) is 0 Å². The lowest BCUT2D eigenvalue weighted by Gasteiger charge is -2.18. The lowest BCUT2D eigenvalue weighted by atomic mass is 10.2. The summed E-state index contributed by atoms with van der Waals surface area (Å²) in [4.78, 5) is 18.7. The number of anilines is 1. The summed E-state index contributed by atoms with van der Waals surface area (Å²) in [7, 11) is 0. The molecule has 4 N–H and O–H groups in total. The van der Waals surface area contributed by atoms with E-state index in [0.717, 1.165) is 0 Å². The summed E-state index contributed by atoms with van der Waals surface area (Å²) in [6.45, 7) is -0.216. The van der Waals surface area contributed by atoms with Gasteiger partial charge >= 0.3 is 5.69 Å². The van der Waals surface area contributed by atoms with Crippen LogP contribution in [0.3, 0.4) is 0 Å². The van der Waals surface area contributed by atoms with Crippen molar-refractivity contribution in [2.24, 2.45) is 0 Å². The minimum absolute atomic E-state index is 0.216. The number of alkyl halides is 1. The Hall–Kier alpha value is -0.740. The van der Waals surface area contributed by atoms with Crippen LogP contribution in [0.25, 0.3) is 6.08 Å². The van der Waals surface area contributed by atoms with Crippen LogP contribution in [0, 0.1) is 0 Å². The Kier molecular flexibility index (Phi) is 5.33. The standard InChI is InChI=1S/C11H13Br2N3O4/c12-2-1-5-3-14-11(19)16-9(5)15-10-8(18)7(13)6(4-17)20-10/h1-3,6-8,10,17-18H,4H2,(H2,14,15,16,19)/t6-,7+,8-,10-/m1/s1. The van der Waals surface area contributed by atoms with E-state index in [2.05, 4.69) is 47.1 Å². The summed E-state index contributed by atoms with van der Waals surface area (Å²) in [5, 5.41) is 22.1. The van der Waals surface area contributed by atoms with E-state index in [-0.39, 0.29) is 6.61 Å². The van der Waals surface area contributed by atoms with Crippen molar-refractivity contribution in [1.29, 1.82) is 0 Å². The molecule has 0 bridgehead atoms.